The van der Waals surface area contributed by atoms with Crippen LogP contribution in [0.5, 0.6) is 0 Å². The number of fused-ring (bicyclic) bond motifs is 3. The van der Waals surface area contributed by atoms with Crippen molar-refractivity contribution in [2.75, 3.05) is 19.6 Å². The maximum Gasteiger partial charge on any atom is 0.251 e. The van der Waals surface area contributed by atoms with Crippen molar-refractivity contribution in [3.63, 3.8) is 0 Å². The Bertz CT molecular complexity index is 1640. The first-order valence-electron chi connectivity index (χ1n) is 16.1. The van der Waals surface area contributed by atoms with Crippen molar-refractivity contribution < 1.29 is 4.79 Å². The molecule has 0 N–H and O–H groups in total. The minimum absolute atomic E-state index is 0.0393. The Kier molecular flexibility index (Phi) is 7.46. The molecule has 7 rings (SSSR count). The predicted molar refractivity (Wildman–Crippen MR) is 170 cm³/mol. The molecule has 2 bridgehead atoms. The second kappa shape index (κ2) is 11.4. The SMILES string of the molecule is Cc1nc2ccccc2n1C1C[C@H]2CC[C@@H](C1)N2CCC1(c2ccccc2)CCN(C(=O)C(C)n2ccccc2=O)CC1. The number of nitrogens with zero attached hydrogens (tertiary/aromatic N) is 5. The third kappa shape index (κ3) is 5.12. The fraction of sp³-hybridized carbons (Fsp3) is 0.472. The maximum absolute atomic E-state index is 13.5. The monoisotopic (exact) mass is 577 g/mol. The molecule has 2 unspecified atom stereocenters. The number of carbonyl (C=O) groups excluding carboxylic acids is 1. The molecule has 0 spiro atoms. The van der Waals surface area contributed by atoms with E-state index in [2.05, 4.69) is 71.0 Å². The molecule has 0 saturated carbocycles. The number of piperidine rings is 2. The lowest BCUT2D eigenvalue weighted by Gasteiger charge is -2.46. The van der Waals surface area contributed by atoms with E-state index in [9.17, 15) is 9.59 Å². The molecule has 2 aromatic heterocycles. The van der Waals surface area contributed by atoms with Crippen LogP contribution in [0, 0.1) is 6.92 Å². The molecule has 3 fully saturated rings. The predicted octanol–water partition coefficient (Wildman–Crippen LogP) is 5.89. The van der Waals surface area contributed by atoms with Crippen LogP contribution in [0.1, 0.15) is 75.3 Å². The fourth-order valence-corrected chi connectivity index (χ4v) is 8.56. The molecule has 1 amide bonds. The molecule has 224 valence electrons. The topological polar surface area (TPSA) is 63.4 Å². The van der Waals surface area contributed by atoms with Crippen molar-refractivity contribution in [1.29, 1.82) is 0 Å². The van der Waals surface area contributed by atoms with Gasteiger partial charge in [0, 0.05) is 43.5 Å². The summed E-state index contributed by atoms with van der Waals surface area (Å²) in [4.78, 5) is 35.5. The molecule has 4 aromatic rings. The molecule has 0 radical (unpaired) electrons. The molecule has 3 aliphatic heterocycles. The zero-order chi connectivity index (χ0) is 29.6. The van der Waals surface area contributed by atoms with E-state index in [0.717, 1.165) is 50.2 Å². The lowest BCUT2D eigenvalue weighted by atomic mass is 9.70. The van der Waals surface area contributed by atoms with E-state index in [1.165, 1.54) is 42.8 Å². The zero-order valence-electron chi connectivity index (χ0n) is 25.4. The number of amides is 1. The number of hydrogen-bond donors (Lipinski definition) is 0. The van der Waals surface area contributed by atoms with Crippen LogP contribution in [0.4, 0.5) is 0 Å². The number of aryl methyl sites for hydroxylation is 1. The summed E-state index contributed by atoms with van der Waals surface area (Å²) in [6, 6.07) is 25.9. The highest BCUT2D eigenvalue weighted by molar-refractivity contribution is 5.80. The second-order valence-electron chi connectivity index (χ2n) is 13.1. The molecule has 7 heteroatoms. The molecule has 2 aromatic carbocycles. The van der Waals surface area contributed by atoms with Gasteiger partial charge in [0.05, 0.1) is 11.0 Å². The minimum atomic E-state index is -0.494. The first-order chi connectivity index (χ1) is 20.9. The van der Waals surface area contributed by atoms with Gasteiger partial charge >= 0.3 is 0 Å². The fourth-order valence-electron chi connectivity index (χ4n) is 8.56. The Morgan fingerprint density at radius 3 is 2.30 bits per heavy atom. The summed E-state index contributed by atoms with van der Waals surface area (Å²) in [7, 11) is 0. The van der Waals surface area contributed by atoms with E-state index < -0.39 is 6.04 Å². The molecular weight excluding hydrogens is 534 g/mol. The Labute approximate surface area is 254 Å². The van der Waals surface area contributed by atoms with Crippen molar-refractivity contribution in [1.82, 2.24) is 23.9 Å². The van der Waals surface area contributed by atoms with Crippen LogP contribution in [0.25, 0.3) is 11.0 Å². The van der Waals surface area contributed by atoms with Gasteiger partial charge in [0.15, 0.2) is 0 Å². The van der Waals surface area contributed by atoms with Gasteiger partial charge in [0.1, 0.15) is 11.9 Å². The number of para-hydroxylation sites is 2. The molecule has 3 aliphatic rings. The standard InChI is InChI=1S/C36H43N5O2/c1-26(39-20-9-8-14-34(39)42)35(43)38-21-17-36(18-22-38,28-10-4-3-5-11-28)19-23-40-29-15-16-30(40)25-31(24-29)41-27(2)37-32-12-6-7-13-33(32)41/h3-14,20,26,29-31H,15-19,21-25H2,1-2H3/t26?,29-,30+,31?. The van der Waals surface area contributed by atoms with Crippen LogP contribution in [0.15, 0.2) is 83.8 Å². The highest BCUT2D eigenvalue weighted by atomic mass is 16.2. The number of imidazole rings is 1. The van der Waals surface area contributed by atoms with Gasteiger partial charge in [-0.1, -0.05) is 48.5 Å². The summed E-state index contributed by atoms with van der Waals surface area (Å²) in [5, 5.41) is 0. The number of pyridine rings is 1. The number of benzene rings is 2. The van der Waals surface area contributed by atoms with Crippen LogP contribution in [0.3, 0.4) is 0 Å². The number of likely N-dealkylation sites (tertiary alicyclic amines) is 1. The highest BCUT2D eigenvalue weighted by Crippen LogP contribution is 2.45. The van der Waals surface area contributed by atoms with Crippen LogP contribution in [-0.2, 0) is 10.2 Å². The number of carbonyl (C=O) groups is 1. The largest absolute Gasteiger partial charge is 0.341 e. The first kappa shape index (κ1) is 28.1. The van der Waals surface area contributed by atoms with E-state index in [1.807, 2.05) is 17.9 Å². The first-order valence-corrected chi connectivity index (χ1v) is 16.1. The average Bonchev–Trinajstić information content (AvgIpc) is 3.50. The van der Waals surface area contributed by atoms with Crippen LogP contribution in [-0.4, -0.2) is 61.5 Å². The average molecular weight is 578 g/mol. The van der Waals surface area contributed by atoms with Gasteiger partial charge in [-0.2, -0.15) is 0 Å². The number of rotatable bonds is 7. The third-order valence-electron chi connectivity index (χ3n) is 10.9. The van der Waals surface area contributed by atoms with E-state index in [1.54, 1.807) is 16.8 Å². The molecule has 43 heavy (non-hydrogen) atoms. The highest BCUT2D eigenvalue weighted by Gasteiger charge is 2.44. The van der Waals surface area contributed by atoms with E-state index >= 15 is 0 Å². The van der Waals surface area contributed by atoms with E-state index in [-0.39, 0.29) is 16.9 Å². The Balaban J connectivity index is 1.05. The van der Waals surface area contributed by atoms with Crippen molar-refractivity contribution in [3.05, 3.63) is 101 Å². The molecular formula is C36H43N5O2. The lowest BCUT2D eigenvalue weighted by molar-refractivity contribution is -0.136. The summed E-state index contributed by atoms with van der Waals surface area (Å²) < 4.78 is 4.07. The number of hydrogen-bond acceptors (Lipinski definition) is 4. The summed E-state index contributed by atoms with van der Waals surface area (Å²) >= 11 is 0. The zero-order valence-corrected chi connectivity index (χ0v) is 25.4. The molecule has 3 saturated heterocycles. The molecule has 5 heterocycles. The summed E-state index contributed by atoms with van der Waals surface area (Å²) in [6.07, 6.45) is 9.67. The number of aromatic nitrogens is 3. The molecule has 4 atom stereocenters. The smallest absolute Gasteiger partial charge is 0.251 e. The Morgan fingerprint density at radius 1 is 0.907 bits per heavy atom. The summed E-state index contributed by atoms with van der Waals surface area (Å²) in [5.41, 5.74) is 3.70. The Morgan fingerprint density at radius 2 is 1.58 bits per heavy atom. The van der Waals surface area contributed by atoms with E-state index in [0.29, 0.717) is 18.1 Å². The van der Waals surface area contributed by atoms with Crippen molar-refractivity contribution in [2.24, 2.45) is 0 Å². The lowest BCUT2D eigenvalue weighted by Crippen LogP contribution is -2.50. The van der Waals surface area contributed by atoms with Gasteiger partial charge < -0.3 is 14.0 Å². The van der Waals surface area contributed by atoms with Crippen molar-refractivity contribution >= 4 is 16.9 Å². The van der Waals surface area contributed by atoms with Gasteiger partial charge in [-0.25, -0.2) is 4.98 Å². The van der Waals surface area contributed by atoms with Crippen molar-refractivity contribution in [3.8, 4) is 0 Å². The van der Waals surface area contributed by atoms with E-state index in [4.69, 9.17) is 4.98 Å². The van der Waals surface area contributed by atoms with Crippen LogP contribution >= 0.6 is 0 Å². The van der Waals surface area contributed by atoms with Crippen LogP contribution in [0.2, 0.25) is 0 Å². The van der Waals surface area contributed by atoms with Crippen molar-refractivity contribution in [2.45, 2.75) is 88.4 Å². The Hall–Kier alpha value is -3.71. The normalized spacial score (nSPS) is 24.3. The minimum Gasteiger partial charge on any atom is -0.341 e. The van der Waals surface area contributed by atoms with Crippen LogP contribution < -0.4 is 5.56 Å². The summed E-state index contributed by atoms with van der Waals surface area (Å²) in [5.74, 6) is 1.17. The van der Waals surface area contributed by atoms with Gasteiger partial charge in [0.25, 0.3) is 5.56 Å². The third-order valence-corrected chi connectivity index (χ3v) is 10.9. The quantitative estimate of drug-likeness (QED) is 0.275. The van der Waals surface area contributed by atoms with Gasteiger partial charge in [-0.15, -0.1) is 0 Å². The van der Waals surface area contributed by atoms with Gasteiger partial charge in [-0.05, 0) is 94.5 Å². The molecule has 0 aliphatic carbocycles. The van der Waals surface area contributed by atoms with Gasteiger partial charge in [0.2, 0.25) is 5.91 Å². The second-order valence-corrected chi connectivity index (χ2v) is 13.1. The summed E-state index contributed by atoms with van der Waals surface area (Å²) in [6.45, 7) is 6.55. The van der Waals surface area contributed by atoms with Gasteiger partial charge in [-0.3, -0.25) is 14.5 Å². The maximum atomic E-state index is 13.5. The molecule has 7 nitrogen and oxygen atoms in total.